The van der Waals surface area contributed by atoms with E-state index in [1.807, 2.05) is 0 Å². The first kappa shape index (κ1) is 14.3. The average molecular weight is 241 g/mol. The zero-order chi connectivity index (χ0) is 12.9. The number of hydrogen-bond donors (Lipinski definition) is 0. The smallest absolute Gasteiger partial charge is 0.0482 e. The highest BCUT2D eigenvalue weighted by atomic mass is 28.3. The molecule has 1 aliphatic rings. The molecular weight excluding hydrogens is 208 g/mol. The Morgan fingerprint density at radius 3 is 1.75 bits per heavy atom. The molecule has 96 valence electrons. The maximum absolute atomic E-state index is 2.55. The summed E-state index contributed by atoms with van der Waals surface area (Å²) in [5.74, 6) is 1.88. The fourth-order valence-corrected chi connectivity index (χ4v) is 8.56. The van der Waals surface area contributed by atoms with Gasteiger partial charge in [-0.05, 0) is 28.2 Å². The summed E-state index contributed by atoms with van der Waals surface area (Å²) in [6.45, 7) is 22.3. The van der Waals surface area contributed by atoms with Crippen LogP contribution in [0.1, 0.15) is 48.0 Å². The monoisotopic (exact) mass is 240 g/mol. The van der Waals surface area contributed by atoms with E-state index >= 15 is 0 Å². The summed E-state index contributed by atoms with van der Waals surface area (Å²) in [6.07, 6.45) is 1.35. The first-order chi connectivity index (χ1) is 6.94. The molecule has 3 unspecified atom stereocenters. The first-order valence-corrected chi connectivity index (χ1v) is 10.5. The quantitative estimate of drug-likeness (QED) is 0.578. The van der Waals surface area contributed by atoms with E-state index in [1.165, 1.54) is 6.42 Å². The molecule has 0 nitrogen and oxygen atoms in total. The topological polar surface area (TPSA) is 0 Å². The molecule has 0 heterocycles. The molecule has 0 radical (unpaired) electrons. The van der Waals surface area contributed by atoms with Crippen LogP contribution in [0.25, 0.3) is 0 Å². The van der Waals surface area contributed by atoms with Gasteiger partial charge in [-0.1, -0.05) is 67.6 Å². The molecule has 0 spiro atoms. The summed E-state index contributed by atoms with van der Waals surface area (Å²) < 4.78 is 0. The van der Waals surface area contributed by atoms with Crippen LogP contribution in [0.2, 0.25) is 25.2 Å². The zero-order valence-corrected chi connectivity index (χ0v) is 13.9. The van der Waals surface area contributed by atoms with Gasteiger partial charge in [-0.15, -0.1) is 0 Å². The van der Waals surface area contributed by atoms with Crippen molar-refractivity contribution in [2.45, 2.75) is 73.1 Å². The molecule has 0 saturated heterocycles. The van der Waals surface area contributed by atoms with Gasteiger partial charge in [0.2, 0.25) is 0 Å². The van der Waals surface area contributed by atoms with E-state index in [2.05, 4.69) is 61.2 Å². The maximum Gasteiger partial charge on any atom is 0.0482 e. The lowest BCUT2D eigenvalue weighted by Gasteiger charge is -2.32. The van der Waals surface area contributed by atoms with Gasteiger partial charge in [-0.3, -0.25) is 0 Å². The van der Waals surface area contributed by atoms with Crippen molar-refractivity contribution in [1.82, 2.24) is 0 Å². The van der Waals surface area contributed by atoms with E-state index in [-0.39, 0.29) is 0 Å². The third-order valence-electron chi connectivity index (χ3n) is 4.83. The molecule has 0 amide bonds. The molecule has 0 aromatic carbocycles. The van der Waals surface area contributed by atoms with Crippen LogP contribution in [0.5, 0.6) is 0 Å². The minimum atomic E-state index is -0.980. The highest BCUT2D eigenvalue weighted by Crippen LogP contribution is 2.72. The van der Waals surface area contributed by atoms with E-state index in [0.717, 1.165) is 17.4 Å². The van der Waals surface area contributed by atoms with E-state index in [9.17, 15) is 0 Å². The first-order valence-electron chi connectivity index (χ1n) is 6.94. The van der Waals surface area contributed by atoms with Gasteiger partial charge in [-0.2, -0.15) is 0 Å². The van der Waals surface area contributed by atoms with Gasteiger partial charge in [0, 0.05) is 8.07 Å². The molecule has 0 N–H and O–H groups in total. The van der Waals surface area contributed by atoms with Gasteiger partial charge in [0.1, 0.15) is 0 Å². The summed E-state index contributed by atoms with van der Waals surface area (Å²) in [6, 6.07) is 0. The van der Waals surface area contributed by atoms with Crippen molar-refractivity contribution in [1.29, 1.82) is 0 Å². The zero-order valence-electron chi connectivity index (χ0n) is 12.9. The van der Waals surface area contributed by atoms with Crippen molar-refractivity contribution in [2.24, 2.45) is 22.7 Å². The van der Waals surface area contributed by atoms with Crippen LogP contribution in [-0.4, -0.2) is 8.07 Å². The Balaban J connectivity index is 2.91. The van der Waals surface area contributed by atoms with Crippen LogP contribution in [-0.2, 0) is 0 Å². The van der Waals surface area contributed by atoms with Crippen molar-refractivity contribution >= 4 is 8.07 Å². The van der Waals surface area contributed by atoms with Crippen LogP contribution < -0.4 is 0 Å². The van der Waals surface area contributed by atoms with E-state index < -0.39 is 8.07 Å². The van der Waals surface area contributed by atoms with Crippen molar-refractivity contribution in [3.63, 3.8) is 0 Å². The molecule has 1 heteroatoms. The van der Waals surface area contributed by atoms with Gasteiger partial charge >= 0.3 is 0 Å². The fourth-order valence-electron chi connectivity index (χ4n) is 4.49. The Morgan fingerprint density at radius 2 is 1.56 bits per heavy atom. The standard InChI is InChI=1S/C15H32Si/c1-10-11(14(2,3)4)12-13(15(12,5)6)16(7,8)9/h11-13H,10H2,1-9H3. The highest BCUT2D eigenvalue weighted by Gasteiger charge is 2.65. The summed E-state index contributed by atoms with van der Waals surface area (Å²) in [5, 5.41) is 0. The Kier molecular flexibility index (Phi) is 3.45. The van der Waals surface area contributed by atoms with Crippen LogP contribution >= 0.6 is 0 Å². The van der Waals surface area contributed by atoms with E-state index in [4.69, 9.17) is 0 Å². The molecule has 1 fully saturated rings. The van der Waals surface area contributed by atoms with Gasteiger partial charge in [0.05, 0.1) is 0 Å². The second-order valence-corrected chi connectivity index (χ2v) is 13.9. The summed E-state index contributed by atoms with van der Waals surface area (Å²) >= 11 is 0. The second kappa shape index (κ2) is 3.86. The van der Waals surface area contributed by atoms with Crippen LogP contribution in [0, 0.1) is 22.7 Å². The lowest BCUT2D eigenvalue weighted by atomic mass is 9.74. The van der Waals surface area contributed by atoms with Crippen molar-refractivity contribution in [2.75, 3.05) is 0 Å². The lowest BCUT2D eigenvalue weighted by molar-refractivity contribution is 0.184. The molecular formula is C15H32Si. The van der Waals surface area contributed by atoms with Crippen LogP contribution in [0.15, 0.2) is 0 Å². The van der Waals surface area contributed by atoms with Gasteiger partial charge in [0.15, 0.2) is 0 Å². The molecule has 1 aliphatic carbocycles. The van der Waals surface area contributed by atoms with Crippen molar-refractivity contribution in [3.8, 4) is 0 Å². The molecule has 0 aliphatic heterocycles. The third kappa shape index (κ3) is 2.39. The molecule has 16 heavy (non-hydrogen) atoms. The third-order valence-corrected chi connectivity index (χ3v) is 7.80. The Morgan fingerprint density at radius 1 is 1.12 bits per heavy atom. The Hall–Kier alpha value is 0.217. The van der Waals surface area contributed by atoms with E-state index in [1.54, 1.807) is 0 Å². The fraction of sp³-hybridized carbons (Fsp3) is 1.00. The summed E-state index contributed by atoms with van der Waals surface area (Å²) in [7, 11) is -0.980. The molecule has 1 rings (SSSR count). The predicted octanol–water partition coefficient (Wildman–Crippen LogP) is 5.42. The molecule has 0 aromatic heterocycles. The van der Waals surface area contributed by atoms with Crippen LogP contribution in [0.3, 0.4) is 0 Å². The molecule has 3 atom stereocenters. The van der Waals surface area contributed by atoms with E-state index in [0.29, 0.717) is 10.8 Å². The molecule has 1 saturated carbocycles. The Bertz CT molecular complexity index is 252. The number of hydrogen-bond acceptors (Lipinski definition) is 0. The average Bonchev–Trinajstić information content (AvgIpc) is 2.50. The highest BCUT2D eigenvalue weighted by molar-refractivity contribution is 6.78. The van der Waals surface area contributed by atoms with Crippen molar-refractivity contribution < 1.29 is 0 Å². The number of rotatable bonds is 3. The SMILES string of the molecule is CCC(C1C([Si](C)(C)C)C1(C)C)C(C)(C)C. The van der Waals surface area contributed by atoms with Gasteiger partial charge in [-0.25, -0.2) is 0 Å². The second-order valence-electron chi connectivity index (χ2n) is 8.57. The maximum atomic E-state index is 2.55. The minimum Gasteiger partial charge on any atom is -0.0693 e. The molecule has 0 aromatic rings. The predicted molar refractivity (Wildman–Crippen MR) is 77.6 cm³/mol. The summed E-state index contributed by atoms with van der Waals surface area (Å²) in [5.41, 5.74) is 2.12. The Labute approximate surface area is 104 Å². The summed E-state index contributed by atoms with van der Waals surface area (Å²) in [4.78, 5) is 0. The van der Waals surface area contributed by atoms with Gasteiger partial charge < -0.3 is 0 Å². The minimum absolute atomic E-state index is 0.477. The van der Waals surface area contributed by atoms with Gasteiger partial charge in [0.25, 0.3) is 0 Å². The lowest BCUT2D eigenvalue weighted by Crippen LogP contribution is -2.27. The largest absolute Gasteiger partial charge is 0.0693 e. The van der Waals surface area contributed by atoms with Crippen molar-refractivity contribution in [3.05, 3.63) is 0 Å². The molecule has 0 bridgehead atoms. The normalized spacial score (nSPS) is 31.3. The van der Waals surface area contributed by atoms with Crippen LogP contribution in [0.4, 0.5) is 0 Å².